The number of rotatable bonds is 5. The number of carbonyl (C=O) groups is 1. The van der Waals surface area contributed by atoms with Crippen LogP contribution in [0.25, 0.3) is 11.0 Å². The second kappa shape index (κ2) is 5.15. The highest BCUT2D eigenvalue weighted by atomic mass is 16.4. The van der Waals surface area contributed by atoms with Gasteiger partial charge in [0.15, 0.2) is 0 Å². The van der Waals surface area contributed by atoms with Gasteiger partial charge < -0.3 is 14.8 Å². The normalized spacial score (nSPS) is 16.6. The molecule has 2 aromatic rings. The van der Waals surface area contributed by atoms with Crippen LogP contribution in [0.2, 0.25) is 0 Å². The van der Waals surface area contributed by atoms with E-state index in [2.05, 4.69) is 23.4 Å². The molecule has 1 atom stereocenters. The van der Waals surface area contributed by atoms with Gasteiger partial charge in [-0.2, -0.15) is 0 Å². The number of carboxylic acids is 1. The van der Waals surface area contributed by atoms with Crippen molar-refractivity contribution in [2.45, 2.75) is 38.6 Å². The van der Waals surface area contributed by atoms with Gasteiger partial charge in [0, 0.05) is 5.92 Å². The number of hydrogen-bond donors (Lipinski definition) is 2. The van der Waals surface area contributed by atoms with Crippen molar-refractivity contribution in [2.75, 3.05) is 6.61 Å². The molecule has 0 saturated heterocycles. The van der Waals surface area contributed by atoms with Crippen LogP contribution in [0.4, 0.5) is 0 Å². The van der Waals surface area contributed by atoms with Gasteiger partial charge in [0.1, 0.15) is 5.82 Å². The first-order chi connectivity index (χ1) is 10.0. The van der Waals surface area contributed by atoms with Gasteiger partial charge in [0.25, 0.3) is 0 Å². The van der Waals surface area contributed by atoms with Gasteiger partial charge in [0.05, 0.1) is 29.2 Å². The average molecular weight is 288 g/mol. The predicted molar refractivity (Wildman–Crippen MR) is 79.6 cm³/mol. The molecule has 5 nitrogen and oxygen atoms in total. The summed E-state index contributed by atoms with van der Waals surface area (Å²) >= 11 is 0. The maximum atomic E-state index is 11.1. The molecule has 1 unspecified atom stereocenters. The smallest absolute Gasteiger partial charge is 0.335 e. The Balaban J connectivity index is 2.20. The van der Waals surface area contributed by atoms with Crippen LogP contribution in [0.3, 0.4) is 0 Å². The van der Waals surface area contributed by atoms with E-state index in [4.69, 9.17) is 5.11 Å². The zero-order valence-corrected chi connectivity index (χ0v) is 12.3. The molecule has 1 aliphatic rings. The highest BCUT2D eigenvalue weighted by molar-refractivity contribution is 5.92. The molecule has 0 amide bonds. The molecule has 1 aromatic heterocycles. The number of fused-ring (bicyclic) bond motifs is 1. The Morgan fingerprint density at radius 3 is 2.67 bits per heavy atom. The van der Waals surface area contributed by atoms with Crippen molar-refractivity contribution in [1.29, 1.82) is 0 Å². The zero-order chi connectivity index (χ0) is 15.1. The molecule has 1 fully saturated rings. The second-order valence-electron chi connectivity index (χ2n) is 6.12. The maximum Gasteiger partial charge on any atom is 0.335 e. The second-order valence-corrected chi connectivity index (χ2v) is 6.12. The van der Waals surface area contributed by atoms with Gasteiger partial charge in [-0.25, -0.2) is 9.78 Å². The van der Waals surface area contributed by atoms with Crippen LogP contribution >= 0.6 is 0 Å². The van der Waals surface area contributed by atoms with Crippen molar-refractivity contribution < 1.29 is 15.0 Å². The number of imidazole rings is 1. The summed E-state index contributed by atoms with van der Waals surface area (Å²) in [5.74, 6) is 0.768. The Morgan fingerprint density at radius 1 is 1.43 bits per heavy atom. The predicted octanol–water partition coefficient (Wildman–Crippen LogP) is 2.80. The molecule has 0 aliphatic heterocycles. The number of aromatic carboxylic acids is 1. The molecule has 1 aliphatic carbocycles. The summed E-state index contributed by atoms with van der Waals surface area (Å²) < 4.78 is 2.11. The van der Waals surface area contributed by atoms with Gasteiger partial charge in [0.2, 0.25) is 0 Å². The van der Waals surface area contributed by atoms with Crippen molar-refractivity contribution in [3.05, 3.63) is 29.6 Å². The van der Waals surface area contributed by atoms with Gasteiger partial charge >= 0.3 is 5.97 Å². The van der Waals surface area contributed by atoms with Crippen LogP contribution in [0.1, 0.15) is 54.8 Å². The lowest BCUT2D eigenvalue weighted by atomic mass is 10.0. The van der Waals surface area contributed by atoms with E-state index in [-0.39, 0.29) is 24.1 Å². The third kappa shape index (κ3) is 2.42. The number of hydrogen-bond acceptors (Lipinski definition) is 3. The van der Waals surface area contributed by atoms with E-state index in [1.54, 1.807) is 12.1 Å². The zero-order valence-electron chi connectivity index (χ0n) is 12.3. The minimum absolute atomic E-state index is 0.0266. The van der Waals surface area contributed by atoms with E-state index in [0.717, 1.165) is 24.2 Å². The summed E-state index contributed by atoms with van der Waals surface area (Å²) in [6.45, 7) is 4.22. The number of aromatic nitrogens is 2. The Morgan fingerprint density at radius 2 is 2.14 bits per heavy atom. The third-order valence-corrected chi connectivity index (χ3v) is 4.19. The van der Waals surface area contributed by atoms with Crippen molar-refractivity contribution >= 4 is 17.0 Å². The Kier molecular flexibility index (Phi) is 3.45. The molecule has 112 valence electrons. The van der Waals surface area contributed by atoms with Gasteiger partial charge in [-0.3, -0.25) is 0 Å². The highest BCUT2D eigenvalue weighted by Gasteiger charge is 2.32. The van der Waals surface area contributed by atoms with Gasteiger partial charge in [-0.05, 0) is 37.0 Å². The third-order valence-electron chi connectivity index (χ3n) is 4.19. The van der Waals surface area contributed by atoms with E-state index in [1.165, 1.54) is 0 Å². The minimum Gasteiger partial charge on any atom is -0.478 e. The van der Waals surface area contributed by atoms with Crippen LogP contribution in [-0.2, 0) is 0 Å². The first-order valence-corrected chi connectivity index (χ1v) is 7.39. The molecule has 1 aromatic carbocycles. The number of aliphatic hydroxyl groups excluding tert-OH is 1. The number of aliphatic hydroxyl groups is 1. The van der Waals surface area contributed by atoms with Crippen molar-refractivity contribution in [3.8, 4) is 0 Å². The van der Waals surface area contributed by atoms with Crippen molar-refractivity contribution in [1.82, 2.24) is 9.55 Å². The molecule has 5 heteroatoms. The lowest BCUT2D eigenvalue weighted by Crippen LogP contribution is -2.21. The summed E-state index contributed by atoms with van der Waals surface area (Å²) in [5.41, 5.74) is 1.87. The number of benzene rings is 1. The summed E-state index contributed by atoms with van der Waals surface area (Å²) in [5, 5.41) is 18.9. The van der Waals surface area contributed by atoms with Gasteiger partial charge in [-0.1, -0.05) is 13.8 Å². The molecule has 21 heavy (non-hydrogen) atoms. The Hall–Kier alpha value is -1.88. The van der Waals surface area contributed by atoms with Crippen LogP contribution in [-0.4, -0.2) is 32.3 Å². The van der Waals surface area contributed by atoms with E-state index in [0.29, 0.717) is 11.4 Å². The lowest BCUT2D eigenvalue weighted by Gasteiger charge is -2.23. The highest BCUT2D eigenvalue weighted by Crippen LogP contribution is 2.42. The van der Waals surface area contributed by atoms with E-state index >= 15 is 0 Å². The number of carboxylic acid groups (broad SMARTS) is 1. The lowest BCUT2D eigenvalue weighted by molar-refractivity contribution is 0.0697. The Labute approximate surface area is 123 Å². The summed E-state index contributed by atoms with van der Waals surface area (Å²) in [7, 11) is 0. The fourth-order valence-electron chi connectivity index (χ4n) is 2.82. The maximum absolute atomic E-state index is 11.1. The largest absolute Gasteiger partial charge is 0.478 e. The van der Waals surface area contributed by atoms with E-state index in [1.807, 2.05) is 6.07 Å². The first-order valence-electron chi connectivity index (χ1n) is 7.39. The fraction of sp³-hybridized carbons (Fsp3) is 0.500. The van der Waals surface area contributed by atoms with E-state index < -0.39 is 5.97 Å². The van der Waals surface area contributed by atoms with E-state index in [9.17, 15) is 9.90 Å². The summed E-state index contributed by atoms with van der Waals surface area (Å²) in [4.78, 5) is 15.8. The summed E-state index contributed by atoms with van der Waals surface area (Å²) in [6, 6.07) is 5.01. The molecule has 0 radical (unpaired) electrons. The monoisotopic (exact) mass is 288 g/mol. The van der Waals surface area contributed by atoms with Crippen LogP contribution in [0, 0.1) is 5.92 Å². The molecule has 1 heterocycles. The standard InChI is InChI=1S/C16H20N2O3/c1-9(2)14(8-19)18-13-6-5-11(16(20)21)7-12(13)17-15(18)10-3-4-10/h5-7,9-10,14,19H,3-4,8H2,1-2H3,(H,20,21). The van der Waals surface area contributed by atoms with Gasteiger partial charge in [-0.15, -0.1) is 0 Å². The quantitative estimate of drug-likeness (QED) is 0.887. The molecule has 0 spiro atoms. The van der Waals surface area contributed by atoms with Crippen LogP contribution in [0.5, 0.6) is 0 Å². The molecule has 2 N–H and O–H groups in total. The topological polar surface area (TPSA) is 75.3 Å². The Bertz CT molecular complexity index is 686. The van der Waals surface area contributed by atoms with Crippen LogP contribution < -0.4 is 0 Å². The average Bonchev–Trinajstić information content (AvgIpc) is 3.21. The molecular weight excluding hydrogens is 268 g/mol. The molecule has 1 saturated carbocycles. The summed E-state index contributed by atoms with van der Waals surface area (Å²) in [6.07, 6.45) is 2.23. The number of nitrogens with zero attached hydrogens (tertiary/aromatic N) is 2. The minimum atomic E-state index is -0.943. The SMILES string of the molecule is CC(C)C(CO)n1c(C2CC2)nc2cc(C(=O)O)ccc21. The fourth-order valence-corrected chi connectivity index (χ4v) is 2.82. The van der Waals surface area contributed by atoms with Crippen molar-refractivity contribution in [3.63, 3.8) is 0 Å². The molecule has 0 bridgehead atoms. The van der Waals surface area contributed by atoms with Crippen molar-refractivity contribution in [2.24, 2.45) is 5.92 Å². The van der Waals surface area contributed by atoms with Crippen LogP contribution in [0.15, 0.2) is 18.2 Å². The molecule has 3 rings (SSSR count). The first kappa shape index (κ1) is 14.1. The molecular formula is C16H20N2O3.